The fourth-order valence-electron chi connectivity index (χ4n) is 3.22. The van der Waals surface area contributed by atoms with Crippen molar-refractivity contribution in [1.29, 1.82) is 0 Å². The summed E-state index contributed by atoms with van der Waals surface area (Å²) in [5.41, 5.74) is 0. The minimum atomic E-state index is 0.586. The van der Waals surface area contributed by atoms with Crippen LogP contribution in [0.25, 0.3) is 0 Å². The Balaban J connectivity index is 1.66. The Bertz CT molecular complexity index is 227. The van der Waals surface area contributed by atoms with Crippen LogP contribution in [-0.2, 0) is 4.74 Å². The average Bonchev–Trinajstić information content (AvgIpc) is 2.63. The molecule has 0 aromatic heterocycles. The Labute approximate surface area is 112 Å². The molecule has 0 bridgehead atoms. The van der Waals surface area contributed by atoms with Crippen LogP contribution in [0.15, 0.2) is 0 Å². The molecule has 1 N–H and O–H groups in total. The van der Waals surface area contributed by atoms with Crippen molar-refractivity contribution in [2.24, 2.45) is 11.8 Å². The van der Waals surface area contributed by atoms with Crippen molar-refractivity contribution in [3.05, 3.63) is 0 Å². The van der Waals surface area contributed by atoms with E-state index >= 15 is 0 Å². The third-order valence-electron chi connectivity index (χ3n) is 4.60. The van der Waals surface area contributed by atoms with Crippen molar-refractivity contribution >= 4 is 0 Å². The van der Waals surface area contributed by atoms with Gasteiger partial charge in [0.15, 0.2) is 0 Å². The summed E-state index contributed by atoms with van der Waals surface area (Å²) in [6.07, 6.45) is 5.45. The van der Waals surface area contributed by atoms with Crippen molar-refractivity contribution < 1.29 is 4.74 Å². The number of nitrogens with zero attached hydrogens (tertiary/aromatic N) is 1. The average molecular weight is 254 g/mol. The van der Waals surface area contributed by atoms with E-state index in [1.54, 1.807) is 0 Å². The summed E-state index contributed by atoms with van der Waals surface area (Å²) in [7, 11) is 0. The van der Waals surface area contributed by atoms with Crippen molar-refractivity contribution in [3.63, 3.8) is 0 Å². The first-order chi connectivity index (χ1) is 8.75. The fraction of sp³-hybridized carbons (Fsp3) is 1.00. The summed E-state index contributed by atoms with van der Waals surface area (Å²) >= 11 is 0. The van der Waals surface area contributed by atoms with Gasteiger partial charge in [-0.1, -0.05) is 13.8 Å². The van der Waals surface area contributed by atoms with Gasteiger partial charge in [-0.25, -0.2) is 0 Å². The van der Waals surface area contributed by atoms with Gasteiger partial charge in [-0.15, -0.1) is 0 Å². The second-order valence-electron chi connectivity index (χ2n) is 6.29. The highest BCUT2D eigenvalue weighted by Gasteiger charge is 2.20. The van der Waals surface area contributed by atoms with Crippen LogP contribution in [0, 0.1) is 11.8 Å². The lowest BCUT2D eigenvalue weighted by Gasteiger charge is -2.27. The van der Waals surface area contributed by atoms with Crippen LogP contribution in [0.4, 0.5) is 0 Å². The van der Waals surface area contributed by atoms with E-state index in [2.05, 4.69) is 24.1 Å². The number of likely N-dealkylation sites (tertiary alicyclic amines) is 1. The van der Waals surface area contributed by atoms with Gasteiger partial charge in [-0.05, 0) is 57.2 Å². The van der Waals surface area contributed by atoms with E-state index in [0.29, 0.717) is 6.04 Å². The van der Waals surface area contributed by atoms with Gasteiger partial charge in [0.05, 0.1) is 13.2 Å². The van der Waals surface area contributed by atoms with Crippen LogP contribution in [0.2, 0.25) is 0 Å². The number of ether oxygens (including phenoxy) is 1. The first-order valence-corrected chi connectivity index (χ1v) is 7.79. The maximum atomic E-state index is 5.51. The molecule has 3 heteroatoms. The van der Waals surface area contributed by atoms with Crippen LogP contribution >= 0.6 is 0 Å². The molecule has 0 amide bonds. The summed E-state index contributed by atoms with van der Waals surface area (Å²) in [5.74, 6) is 1.81. The van der Waals surface area contributed by atoms with Gasteiger partial charge in [0.2, 0.25) is 0 Å². The van der Waals surface area contributed by atoms with Gasteiger partial charge < -0.3 is 15.0 Å². The molecule has 2 aliphatic heterocycles. The van der Waals surface area contributed by atoms with E-state index < -0.39 is 0 Å². The zero-order valence-corrected chi connectivity index (χ0v) is 12.2. The Morgan fingerprint density at radius 3 is 2.89 bits per heavy atom. The van der Waals surface area contributed by atoms with Crippen LogP contribution in [0.5, 0.6) is 0 Å². The van der Waals surface area contributed by atoms with E-state index in [0.717, 1.165) is 31.6 Å². The molecule has 0 radical (unpaired) electrons. The topological polar surface area (TPSA) is 24.5 Å². The molecule has 106 valence electrons. The molecule has 0 aromatic carbocycles. The maximum Gasteiger partial charge on any atom is 0.0620 e. The lowest BCUT2D eigenvalue weighted by Crippen LogP contribution is -2.43. The second kappa shape index (κ2) is 7.46. The normalized spacial score (nSPS) is 31.5. The quantitative estimate of drug-likeness (QED) is 0.832. The third-order valence-corrected chi connectivity index (χ3v) is 4.60. The Kier molecular flexibility index (Phi) is 5.93. The molecule has 0 aromatic rings. The lowest BCUT2D eigenvalue weighted by molar-refractivity contribution is 0.0700. The number of morpholine rings is 1. The van der Waals surface area contributed by atoms with Crippen LogP contribution in [0.3, 0.4) is 0 Å². The number of nitrogens with one attached hydrogen (secondary N) is 1. The molecule has 2 aliphatic rings. The molecule has 2 heterocycles. The predicted molar refractivity (Wildman–Crippen MR) is 75.8 cm³/mol. The Morgan fingerprint density at radius 1 is 1.28 bits per heavy atom. The van der Waals surface area contributed by atoms with Gasteiger partial charge in [-0.2, -0.15) is 0 Å². The van der Waals surface area contributed by atoms with Crippen LogP contribution in [-0.4, -0.2) is 50.3 Å². The molecule has 0 spiro atoms. The molecular weight excluding hydrogens is 224 g/mol. The van der Waals surface area contributed by atoms with Gasteiger partial charge >= 0.3 is 0 Å². The predicted octanol–water partition coefficient (Wildman–Crippen LogP) is 2.12. The highest BCUT2D eigenvalue weighted by atomic mass is 16.5. The van der Waals surface area contributed by atoms with Crippen LogP contribution < -0.4 is 5.32 Å². The second-order valence-corrected chi connectivity index (χ2v) is 6.29. The Morgan fingerprint density at radius 2 is 2.17 bits per heavy atom. The minimum Gasteiger partial charge on any atom is -0.379 e. The molecule has 2 unspecified atom stereocenters. The van der Waals surface area contributed by atoms with Crippen molar-refractivity contribution in [3.8, 4) is 0 Å². The molecule has 0 aliphatic carbocycles. The monoisotopic (exact) mass is 254 g/mol. The fourth-order valence-corrected chi connectivity index (χ4v) is 3.22. The van der Waals surface area contributed by atoms with E-state index in [1.165, 1.54) is 45.3 Å². The molecule has 2 fully saturated rings. The smallest absolute Gasteiger partial charge is 0.0620 e. The van der Waals surface area contributed by atoms with E-state index in [9.17, 15) is 0 Å². The SMILES string of the molecule is CC(C)C1CCCN(CCC2COCCN2)CC1. The van der Waals surface area contributed by atoms with Gasteiger partial charge in [0, 0.05) is 12.6 Å². The number of hydrogen-bond acceptors (Lipinski definition) is 3. The summed E-state index contributed by atoms with van der Waals surface area (Å²) < 4.78 is 5.51. The molecular formula is C15H30N2O. The highest BCUT2D eigenvalue weighted by molar-refractivity contribution is 4.75. The van der Waals surface area contributed by atoms with E-state index in [-0.39, 0.29) is 0 Å². The maximum absolute atomic E-state index is 5.51. The van der Waals surface area contributed by atoms with Gasteiger partial charge in [0.1, 0.15) is 0 Å². The third kappa shape index (κ3) is 4.52. The van der Waals surface area contributed by atoms with Gasteiger partial charge in [-0.3, -0.25) is 0 Å². The molecule has 2 saturated heterocycles. The molecule has 0 saturated carbocycles. The van der Waals surface area contributed by atoms with Crippen LogP contribution in [0.1, 0.15) is 39.5 Å². The van der Waals surface area contributed by atoms with Crippen molar-refractivity contribution in [1.82, 2.24) is 10.2 Å². The summed E-state index contributed by atoms with van der Waals surface area (Å²) in [6, 6.07) is 0.586. The number of rotatable bonds is 4. The van der Waals surface area contributed by atoms with E-state index in [1.807, 2.05) is 0 Å². The Hall–Kier alpha value is -0.120. The lowest BCUT2D eigenvalue weighted by atomic mass is 9.89. The summed E-state index contributed by atoms with van der Waals surface area (Å²) in [6.45, 7) is 11.4. The zero-order chi connectivity index (χ0) is 12.8. The molecule has 3 nitrogen and oxygen atoms in total. The first kappa shape index (κ1) is 14.3. The molecule has 2 rings (SSSR count). The largest absolute Gasteiger partial charge is 0.379 e. The standard InChI is InChI=1S/C15H30N2O/c1-13(2)14-4-3-8-17(9-5-14)10-6-15-12-18-11-7-16-15/h13-16H,3-12H2,1-2H3. The summed E-state index contributed by atoms with van der Waals surface area (Å²) in [4.78, 5) is 2.67. The highest BCUT2D eigenvalue weighted by Crippen LogP contribution is 2.24. The zero-order valence-electron chi connectivity index (χ0n) is 12.2. The first-order valence-electron chi connectivity index (χ1n) is 7.79. The number of hydrogen-bond donors (Lipinski definition) is 1. The summed E-state index contributed by atoms with van der Waals surface area (Å²) in [5, 5.41) is 3.55. The van der Waals surface area contributed by atoms with Crippen molar-refractivity contribution in [2.75, 3.05) is 39.4 Å². The molecule has 18 heavy (non-hydrogen) atoms. The molecule has 2 atom stereocenters. The van der Waals surface area contributed by atoms with Gasteiger partial charge in [0.25, 0.3) is 0 Å². The minimum absolute atomic E-state index is 0.586. The van der Waals surface area contributed by atoms with E-state index in [4.69, 9.17) is 4.74 Å². The van der Waals surface area contributed by atoms with Crippen molar-refractivity contribution in [2.45, 2.75) is 45.6 Å².